The smallest absolute Gasteiger partial charge is 0.258 e. The number of aromatic nitrogens is 3. The molecule has 4 aromatic rings. The fourth-order valence-corrected chi connectivity index (χ4v) is 3.43. The van der Waals surface area contributed by atoms with Crippen molar-refractivity contribution in [1.29, 1.82) is 0 Å². The SMILES string of the molecule is CN(Cc1nc2ccccc2c(=O)[nH]1)C(=O)c1ccc2ncsc2c1. The predicted molar refractivity (Wildman–Crippen MR) is 97.8 cm³/mol. The van der Waals surface area contributed by atoms with Crippen LogP contribution in [0.3, 0.4) is 0 Å². The first-order valence-electron chi connectivity index (χ1n) is 7.68. The lowest BCUT2D eigenvalue weighted by Gasteiger charge is -2.16. The Morgan fingerprint density at radius 1 is 1.20 bits per heavy atom. The molecule has 4 rings (SSSR count). The van der Waals surface area contributed by atoms with E-state index in [1.807, 2.05) is 18.2 Å². The molecule has 0 saturated carbocycles. The first-order chi connectivity index (χ1) is 12.1. The van der Waals surface area contributed by atoms with E-state index in [9.17, 15) is 9.59 Å². The maximum Gasteiger partial charge on any atom is 0.258 e. The molecule has 0 fully saturated rings. The number of thiazole rings is 1. The van der Waals surface area contributed by atoms with Crippen molar-refractivity contribution in [2.75, 3.05) is 7.05 Å². The molecule has 0 aliphatic heterocycles. The molecule has 1 amide bonds. The summed E-state index contributed by atoms with van der Waals surface area (Å²) < 4.78 is 0.969. The molecular weight excluding hydrogens is 336 g/mol. The Kier molecular flexibility index (Phi) is 3.77. The monoisotopic (exact) mass is 350 g/mol. The van der Waals surface area contributed by atoms with Crippen LogP contribution >= 0.6 is 11.3 Å². The average molecular weight is 350 g/mol. The molecule has 124 valence electrons. The van der Waals surface area contributed by atoms with Crippen LogP contribution in [0.4, 0.5) is 0 Å². The summed E-state index contributed by atoms with van der Waals surface area (Å²) in [5.41, 5.74) is 3.64. The third kappa shape index (κ3) is 2.89. The molecule has 7 heteroatoms. The van der Waals surface area contributed by atoms with Crippen molar-refractivity contribution in [2.45, 2.75) is 6.54 Å². The average Bonchev–Trinajstić information content (AvgIpc) is 3.08. The van der Waals surface area contributed by atoms with Crippen LogP contribution in [0.25, 0.3) is 21.1 Å². The summed E-state index contributed by atoms with van der Waals surface area (Å²) in [5.74, 6) is 0.324. The lowest BCUT2D eigenvalue weighted by Crippen LogP contribution is -2.28. The van der Waals surface area contributed by atoms with Crippen LogP contribution in [0.15, 0.2) is 52.8 Å². The molecule has 0 aliphatic rings. The quantitative estimate of drug-likeness (QED) is 0.616. The summed E-state index contributed by atoms with van der Waals surface area (Å²) in [4.78, 5) is 37.7. The number of nitrogens with zero attached hydrogens (tertiary/aromatic N) is 3. The number of rotatable bonds is 3. The van der Waals surface area contributed by atoms with Gasteiger partial charge in [-0.1, -0.05) is 12.1 Å². The number of para-hydroxylation sites is 1. The molecule has 6 nitrogen and oxygen atoms in total. The number of H-pyrrole nitrogens is 1. The minimum Gasteiger partial charge on any atom is -0.334 e. The molecular formula is C18H14N4O2S. The number of aromatic amines is 1. The lowest BCUT2D eigenvalue weighted by atomic mass is 10.2. The molecule has 0 spiro atoms. The Balaban J connectivity index is 1.61. The van der Waals surface area contributed by atoms with Gasteiger partial charge in [0.05, 0.1) is 33.2 Å². The zero-order valence-corrected chi connectivity index (χ0v) is 14.2. The second-order valence-corrected chi connectivity index (χ2v) is 6.61. The van der Waals surface area contributed by atoms with Crippen LogP contribution in [0.5, 0.6) is 0 Å². The number of nitrogens with one attached hydrogen (secondary N) is 1. The molecule has 0 aliphatic carbocycles. The highest BCUT2D eigenvalue weighted by molar-refractivity contribution is 7.16. The summed E-state index contributed by atoms with van der Waals surface area (Å²) in [7, 11) is 1.69. The predicted octanol–water partition coefficient (Wildman–Crippen LogP) is 2.81. The molecule has 0 bridgehead atoms. The number of hydrogen-bond acceptors (Lipinski definition) is 5. The van der Waals surface area contributed by atoms with Crippen molar-refractivity contribution in [2.24, 2.45) is 0 Å². The first kappa shape index (κ1) is 15.5. The van der Waals surface area contributed by atoms with E-state index in [1.165, 1.54) is 16.2 Å². The Labute approximate surface area is 146 Å². The molecule has 0 unspecified atom stereocenters. The van der Waals surface area contributed by atoms with Gasteiger partial charge in [-0.25, -0.2) is 9.97 Å². The Bertz CT molecular complexity index is 1150. The fourth-order valence-electron chi connectivity index (χ4n) is 2.71. The van der Waals surface area contributed by atoms with E-state index in [1.54, 1.807) is 36.8 Å². The van der Waals surface area contributed by atoms with Crippen molar-refractivity contribution in [3.05, 3.63) is 69.7 Å². The molecule has 2 aromatic heterocycles. The van der Waals surface area contributed by atoms with Crippen molar-refractivity contribution in [3.63, 3.8) is 0 Å². The minimum atomic E-state index is -0.201. The number of fused-ring (bicyclic) bond motifs is 2. The van der Waals surface area contributed by atoms with Gasteiger partial charge in [-0.3, -0.25) is 9.59 Å². The molecule has 2 heterocycles. The molecule has 0 saturated heterocycles. The summed E-state index contributed by atoms with van der Waals surface area (Å²) in [5, 5.41) is 0.538. The van der Waals surface area contributed by atoms with E-state index in [0.29, 0.717) is 22.3 Å². The van der Waals surface area contributed by atoms with Gasteiger partial charge in [0.25, 0.3) is 11.5 Å². The van der Waals surface area contributed by atoms with Crippen molar-refractivity contribution in [1.82, 2.24) is 19.9 Å². The highest BCUT2D eigenvalue weighted by Gasteiger charge is 2.15. The largest absolute Gasteiger partial charge is 0.334 e. The number of carbonyl (C=O) groups is 1. The maximum atomic E-state index is 12.7. The van der Waals surface area contributed by atoms with Gasteiger partial charge < -0.3 is 9.88 Å². The minimum absolute atomic E-state index is 0.133. The normalized spacial score (nSPS) is 11.1. The molecule has 0 atom stereocenters. The van der Waals surface area contributed by atoms with Gasteiger partial charge in [-0.2, -0.15) is 0 Å². The maximum absolute atomic E-state index is 12.7. The van der Waals surface area contributed by atoms with Crippen LogP contribution in [-0.4, -0.2) is 32.8 Å². The number of benzene rings is 2. The van der Waals surface area contributed by atoms with E-state index < -0.39 is 0 Å². The van der Waals surface area contributed by atoms with Gasteiger partial charge >= 0.3 is 0 Å². The van der Waals surface area contributed by atoms with E-state index in [0.717, 1.165) is 10.2 Å². The molecule has 2 aromatic carbocycles. The molecule has 1 N–H and O–H groups in total. The van der Waals surface area contributed by atoms with Crippen molar-refractivity contribution < 1.29 is 4.79 Å². The zero-order chi connectivity index (χ0) is 17.4. The molecule has 0 radical (unpaired) electrons. The number of amides is 1. The Morgan fingerprint density at radius 3 is 2.92 bits per heavy atom. The van der Waals surface area contributed by atoms with Crippen molar-refractivity contribution >= 4 is 38.4 Å². The summed E-state index contributed by atoms with van der Waals surface area (Å²) >= 11 is 1.50. The number of hydrogen-bond donors (Lipinski definition) is 1. The lowest BCUT2D eigenvalue weighted by molar-refractivity contribution is 0.0781. The van der Waals surface area contributed by atoms with E-state index in [2.05, 4.69) is 15.0 Å². The van der Waals surface area contributed by atoms with Crippen LogP contribution < -0.4 is 5.56 Å². The first-order valence-corrected chi connectivity index (χ1v) is 8.56. The van der Waals surface area contributed by atoms with Crippen LogP contribution in [0.2, 0.25) is 0 Å². The summed E-state index contributed by atoms with van der Waals surface area (Å²) in [6.07, 6.45) is 0. The molecule has 25 heavy (non-hydrogen) atoms. The topological polar surface area (TPSA) is 79.0 Å². The number of carbonyl (C=O) groups excluding carboxylic acids is 1. The van der Waals surface area contributed by atoms with Gasteiger partial charge in [-0.15, -0.1) is 11.3 Å². The zero-order valence-electron chi connectivity index (χ0n) is 13.4. The fraction of sp³-hybridized carbons (Fsp3) is 0.111. The van der Waals surface area contributed by atoms with Crippen LogP contribution in [-0.2, 0) is 6.54 Å². The van der Waals surface area contributed by atoms with E-state index in [4.69, 9.17) is 0 Å². The van der Waals surface area contributed by atoms with E-state index in [-0.39, 0.29) is 18.0 Å². The second-order valence-electron chi connectivity index (χ2n) is 5.73. The Hall–Kier alpha value is -3.06. The van der Waals surface area contributed by atoms with Gasteiger partial charge in [0.2, 0.25) is 0 Å². The van der Waals surface area contributed by atoms with Gasteiger partial charge in [0.15, 0.2) is 0 Å². The van der Waals surface area contributed by atoms with Gasteiger partial charge in [0, 0.05) is 12.6 Å². The third-order valence-corrected chi connectivity index (χ3v) is 4.77. The Morgan fingerprint density at radius 2 is 2.04 bits per heavy atom. The van der Waals surface area contributed by atoms with Gasteiger partial charge in [-0.05, 0) is 30.3 Å². The highest BCUT2D eigenvalue weighted by atomic mass is 32.1. The summed E-state index contributed by atoms with van der Waals surface area (Å²) in [6, 6.07) is 12.6. The highest BCUT2D eigenvalue weighted by Crippen LogP contribution is 2.20. The second kappa shape index (κ2) is 6.10. The third-order valence-electron chi connectivity index (χ3n) is 3.97. The van der Waals surface area contributed by atoms with Crippen LogP contribution in [0, 0.1) is 0 Å². The van der Waals surface area contributed by atoms with Crippen LogP contribution in [0.1, 0.15) is 16.2 Å². The summed E-state index contributed by atoms with van der Waals surface area (Å²) in [6.45, 7) is 0.222. The van der Waals surface area contributed by atoms with Gasteiger partial charge in [0.1, 0.15) is 5.82 Å². The van der Waals surface area contributed by atoms with E-state index >= 15 is 0 Å². The standard InChI is InChI=1S/C18H14N4O2S/c1-22(18(24)11-6-7-14-15(8-11)25-10-19-14)9-16-20-13-5-3-2-4-12(13)17(23)21-16/h2-8,10H,9H2,1H3,(H,20,21,23). The van der Waals surface area contributed by atoms with Crippen molar-refractivity contribution in [3.8, 4) is 0 Å².